The molecule has 0 saturated carbocycles. The van der Waals surface area contributed by atoms with Gasteiger partial charge in [0, 0.05) is 30.1 Å². The van der Waals surface area contributed by atoms with Gasteiger partial charge < -0.3 is 10.6 Å². The van der Waals surface area contributed by atoms with Crippen LogP contribution in [0.3, 0.4) is 0 Å². The fourth-order valence-corrected chi connectivity index (χ4v) is 3.34. The van der Waals surface area contributed by atoms with E-state index in [1.54, 1.807) is 23.1 Å². The van der Waals surface area contributed by atoms with E-state index >= 15 is 0 Å². The molecule has 1 aliphatic heterocycles. The molecule has 1 fully saturated rings. The molecular weight excluding hydrogens is 329 g/mol. The molecule has 2 amide bonds. The number of hydrogen-bond donors (Lipinski definition) is 1. The zero-order chi connectivity index (χ0) is 17.1. The Hall–Kier alpha value is -2.54. The summed E-state index contributed by atoms with van der Waals surface area (Å²) in [4.78, 5) is 29.3. The van der Waals surface area contributed by atoms with Gasteiger partial charge in [0.25, 0.3) is 0 Å². The Labute approximate surface area is 142 Å². The van der Waals surface area contributed by atoms with Gasteiger partial charge in [-0.25, -0.2) is 9.37 Å². The van der Waals surface area contributed by atoms with Crippen molar-refractivity contribution in [3.05, 3.63) is 47.2 Å². The summed E-state index contributed by atoms with van der Waals surface area (Å²) in [5.41, 5.74) is 6.76. The normalized spacial score (nSPS) is 17.5. The molecule has 1 aromatic carbocycles. The molecule has 2 aromatic rings. The van der Waals surface area contributed by atoms with E-state index in [1.165, 1.54) is 29.5 Å². The number of amides is 2. The van der Waals surface area contributed by atoms with Crippen molar-refractivity contribution in [2.24, 2.45) is 11.7 Å². The lowest BCUT2D eigenvalue weighted by Gasteiger charge is -2.12. The second-order valence-corrected chi connectivity index (χ2v) is 6.45. The van der Waals surface area contributed by atoms with Crippen molar-refractivity contribution in [2.45, 2.75) is 6.42 Å². The highest BCUT2D eigenvalue weighted by Crippen LogP contribution is 2.24. The summed E-state index contributed by atoms with van der Waals surface area (Å²) in [6.45, 7) is 0.908. The van der Waals surface area contributed by atoms with Gasteiger partial charge in [-0.3, -0.25) is 9.59 Å². The Morgan fingerprint density at radius 2 is 2.08 bits per heavy atom. The average molecular weight is 345 g/mol. The molecule has 1 saturated heterocycles. The van der Waals surface area contributed by atoms with E-state index in [0.29, 0.717) is 25.2 Å². The largest absolute Gasteiger partial charge is 0.369 e. The Bertz CT molecular complexity index is 785. The lowest BCUT2D eigenvalue weighted by atomic mass is 10.1. The first kappa shape index (κ1) is 16.3. The molecule has 1 atom stereocenters. The molecule has 2 N–H and O–H groups in total. The van der Waals surface area contributed by atoms with Crippen molar-refractivity contribution in [3.63, 3.8) is 0 Å². The number of benzene rings is 1. The predicted molar refractivity (Wildman–Crippen MR) is 90.4 cm³/mol. The van der Waals surface area contributed by atoms with Crippen LogP contribution in [0.25, 0.3) is 16.6 Å². The standard InChI is InChI=1S/C17H16FN3O2S/c18-13-3-1-11(2-4-13)17-20-14(10-24-17)5-6-15(22)21-8-7-12(9-21)16(19)23/h1-6,10,12H,7-9H2,(H2,19,23)/b6-5-/t12-/m0/s1. The van der Waals surface area contributed by atoms with Gasteiger partial charge >= 0.3 is 0 Å². The van der Waals surface area contributed by atoms with Crippen molar-refractivity contribution in [1.29, 1.82) is 0 Å². The molecule has 1 aliphatic rings. The van der Waals surface area contributed by atoms with E-state index in [4.69, 9.17) is 5.73 Å². The molecule has 7 heteroatoms. The number of rotatable bonds is 4. The van der Waals surface area contributed by atoms with Crippen molar-refractivity contribution < 1.29 is 14.0 Å². The van der Waals surface area contributed by atoms with Crippen LogP contribution in [-0.2, 0) is 9.59 Å². The summed E-state index contributed by atoms with van der Waals surface area (Å²) in [5, 5.41) is 2.59. The quantitative estimate of drug-likeness (QED) is 0.864. The zero-order valence-electron chi connectivity index (χ0n) is 12.8. The maximum atomic E-state index is 12.9. The third-order valence-electron chi connectivity index (χ3n) is 3.91. The third kappa shape index (κ3) is 3.68. The molecule has 2 heterocycles. The Balaban J connectivity index is 1.64. The highest BCUT2D eigenvalue weighted by Gasteiger charge is 2.28. The van der Waals surface area contributed by atoms with E-state index in [0.717, 1.165) is 10.6 Å². The van der Waals surface area contributed by atoms with E-state index in [-0.39, 0.29) is 23.5 Å². The van der Waals surface area contributed by atoms with Crippen molar-refractivity contribution in [1.82, 2.24) is 9.88 Å². The van der Waals surface area contributed by atoms with Crippen LogP contribution in [0, 0.1) is 11.7 Å². The first-order valence-electron chi connectivity index (χ1n) is 7.50. The van der Waals surface area contributed by atoms with Gasteiger partial charge in [-0.15, -0.1) is 11.3 Å². The van der Waals surface area contributed by atoms with E-state index in [9.17, 15) is 14.0 Å². The molecule has 124 valence electrons. The van der Waals surface area contributed by atoms with Gasteiger partial charge in [-0.2, -0.15) is 0 Å². The number of aromatic nitrogens is 1. The van der Waals surface area contributed by atoms with Crippen molar-refractivity contribution in [3.8, 4) is 10.6 Å². The van der Waals surface area contributed by atoms with E-state index in [2.05, 4.69) is 4.98 Å². The van der Waals surface area contributed by atoms with Crippen LogP contribution in [0.1, 0.15) is 12.1 Å². The topological polar surface area (TPSA) is 76.3 Å². The van der Waals surface area contributed by atoms with Gasteiger partial charge in [0.15, 0.2) is 0 Å². The summed E-state index contributed by atoms with van der Waals surface area (Å²) >= 11 is 1.43. The molecule has 0 aliphatic carbocycles. The number of likely N-dealkylation sites (tertiary alicyclic amines) is 1. The average Bonchev–Trinajstić information content (AvgIpc) is 3.23. The molecule has 24 heavy (non-hydrogen) atoms. The summed E-state index contributed by atoms with van der Waals surface area (Å²) in [7, 11) is 0. The third-order valence-corrected chi connectivity index (χ3v) is 4.82. The highest BCUT2D eigenvalue weighted by molar-refractivity contribution is 7.13. The molecule has 0 radical (unpaired) electrons. The molecule has 1 aromatic heterocycles. The summed E-state index contributed by atoms with van der Waals surface area (Å²) in [5.74, 6) is -1.07. The molecular formula is C17H16FN3O2S. The van der Waals surface area contributed by atoms with Crippen LogP contribution >= 0.6 is 11.3 Å². The van der Waals surface area contributed by atoms with Gasteiger partial charge in [0.2, 0.25) is 11.8 Å². The van der Waals surface area contributed by atoms with Crippen LogP contribution in [0.2, 0.25) is 0 Å². The minimum atomic E-state index is -0.363. The van der Waals surface area contributed by atoms with Crippen molar-refractivity contribution >= 4 is 29.2 Å². The lowest BCUT2D eigenvalue weighted by molar-refractivity contribution is -0.125. The first-order valence-corrected chi connectivity index (χ1v) is 8.38. The fraction of sp³-hybridized carbons (Fsp3) is 0.235. The number of carbonyl (C=O) groups is 2. The minimum absolute atomic E-state index is 0.157. The summed E-state index contributed by atoms with van der Waals surface area (Å²) < 4.78 is 12.9. The summed E-state index contributed by atoms with van der Waals surface area (Å²) in [6.07, 6.45) is 3.71. The maximum Gasteiger partial charge on any atom is 0.246 e. The predicted octanol–water partition coefficient (Wildman–Crippen LogP) is 2.30. The van der Waals surface area contributed by atoms with Crippen LogP contribution in [0.4, 0.5) is 4.39 Å². The molecule has 3 rings (SSSR count). The van der Waals surface area contributed by atoms with Gasteiger partial charge in [0.1, 0.15) is 10.8 Å². The Morgan fingerprint density at radius 3 is 2.75 bits per heavy atom. The molecule has 0 unspecified atom stereocenters. The Morgan fingerprint density at radius 1 is 1.33 bits per heavy atom. The molecule has 5 nitrogen and oxygen atoms in total. The van der Waals surface area contributed by atoms with Crippen molar-refractivity contribution in [2.75, 3.05) is 13.1 Å². The minimum Gasteiger partial charge on any atom is -0.369 e. The number of nitrogens with zero attached hydrogens (tertiary/aromatic N) is 2. The zero-order valence-corrected chi connectivity index (χ0v) is 13.6. The highest BCUT2D eigenvalue weighted by atomic mass is 32.1. The monoisotopic (exact) mass is 345 g/mol. The van der Waals surface area contributed by atoms with Gasteiger partial charge in [-0.05, 0) is 36.8 Å². The number of carbonyl (C=O) groups excluding carboxylic acids is 2. The molecule has 0 bridgehead atoms. The van der Waals surface area contributed by atoms with E-state index in [1.807, 2.05) is 5.38 Å². The lowest BCUT2D eigenvalue weighted by Crippen LogP contribution is -2.30. The molecule has 0 spiro atoms. The number of primary amides is 1. The van der Waals surface area contributed by atoms with E-state index < -0.39 is 0 Å². The maximum absolute atomic E-state index is 12.9. The second-order valence-electron chi connectivity index (χ2n) is 5.59. The van der Waals surface area contributed by atoms with Crippen LogP contribution in [0.5, 0.6) is 0 Å². The van der Waals surface area contributed by atoms with Crippen LogP contribution < -0.4 is 5.73 Å². The summed E-state index contributed by atoms with van der Waals surface area (Å²) in [6, 6.07) is 6.11. The SMILES string of the molecule is NC(=O)[C@H]1CCN(C(=O)/C=C\c2csc(-c3ccc(F)cc3)n2)C1. The number of nitrogens with two attached hydrogens (primary N) is 1. The number of hydrogen-bond acceptors (Lipinski definition) is 4. The number of halogens is 1. The van der Waals surface area contributed by atoms with Gasteiger partial charge in [0.05, 0.1) is 11.6 Å². The Kier molecular flexibility index (Phi) is 4.71. The van der Waals surface area contributed by atoms with Crippen LogP contribution in [-0.4, -0.2) is 34.8 Å². The van der Waals surface area contributed by atoms with Crippen LogP contribution in [0.15, 0.2) is 35.7 Å². The second kappa shape index (κ2) is 6.92. The smallest absolute Gasteiger partial charge is 0.246 e. The number of thiazole rings is 1. The first-order chi connectivity index (χ1) is 11.5. The van der Waals surface area contributed by atoms with Gasteiger partial charge in [-0.1, -0.05) is 0 Å². The fourth-order valence-electron chi connectivity index (χ4n) is 2.54.